The zero-order valence-electron chi connectivity index (χ0n) is 14.9. The number of hydrogen-bond acceptors (Lipinski definition) is 5. The fourth-order valence-electron chi connectivity index (χ4n) is 2.97. The fraction of sp³-hybridized carbons (Fsp3) is 0.200. The van der Waals surface area contributed by atoms with E-state index in [9.17, 15) is 4.79 Å². The molecule has 0 unspecified atom stereocenters. The second kappa shape index (κ2) is 6.85. The summed E-state index contributed by atoms with van der Waals surface area (Å²) in [7, 11) is 2.02. The van der Waals surface area contributed by atoms with E-state index in [0.29, 0.717) is 6.54 Å². The van der Waals surface area contributed by atoms with Gasteiger partial charge in [0.1, 0.15) is 4.91 Å². The van der Waals surface area contributed by atoms with E-state index in [4.69, 9.17) is 4.99 Å². The highest BCUT2D eigenvalue weighted by Gasteiger charge is 2.38. The molecule has 26 heavy (non-hydrogen) atoms. The van der Waals surface area contributed by atoms with Crippen LogP contribution in [-0.2, 0) is 4.79 Å². The molecule has 1 fully saturated rings. The number of carbonyl (C=O) groups excluding carboxylic acids is 1. The lowest BCUT2D eigenvalue weighted by atomic mass is 10.2. The number of para-hydroxylation sites is 1. The molecule has 4 rings (SSSR count). The molecule has 2 aliphatic rings. The van der Waals surface area contributed by atoms with Crippen molar-refractivity contribution in [3.8, 4) is 0 Å². The van der Waals surface area contributed by atoms with Crippen molar-refractivity contribution in [3.05, 3.63) is 64.0 Å². The van der Waals surface area contributed by atoms with Crippen LogP contribution in [0.1, 0.15) is 12.5 Å². The van der Waals surface area contributed by atoms with Crippen molar-refractivity contribution < 1.29 is 4.79 Å². The van der Waals surface area contributed by atoms with Crippen LogP contribution < -0.4 is 4.90 Å². The number of hydrogen-bond donors (Lipinski definition) is 0. The maximum absolute atomic E-state index is 13.0. The molecule has 2 aromatic rings. The zero-order chi connectivity index (χ0) is 18.3. The molecule has 0 radical (unpaired) electrons. The third-order valence-corrected chi connectivity index (χ3v) is 6.76. The van der Waals surface area contributed by atoms with Crippen LogP contribution in [0.15, 0.2) is 68.4 Å². The molecule has 0 atom stereocenters. The molecule has 0 aliphatic carbocycles. The number of amidine groups is 1. The predicted octanol–water partition coefficient (Wildman–Crippen LogP) is 4.99. The van der Waals surface area contributed by atoms with E-state index < -0.39 is 0 Å². The molecule has 4 nitrogen and oxygen atoms in total. The van der Waals surface area contributed by atoms with Gasteiger partial charge in [0.15, 0.2) is 5.17 Å². The number of anilines is 1. The van der Waals surface area contributed by atoms with Crippen LogP contribution in [0.2, 0.25) is 0 Å². The Balaban J connectivity index is 1.73. The van der Waals surface area contributed by atoms with E-state index in [1.807, 2.05) is 44.3 Å². The molecule has 0 N–H and O–H groups in total. The summed E-state index contributed by atoms with van der Waals surface area (Å²) in [6.45, 7) is 4.68. The van der Waals surface area contributed by atoms with E-state index in [1.165, 1.54) is 22.2 Å². The first-order valence-corrected chi connectivity index (χ1v) is 10.1. The maximum atomic E-state index is 13.0. The van der Waals surface area contributed by atoms with Gasteiger partial charge in [0.25, 0.3) is 5.91 Å². The minimum absolute atomic E-state index is 0.0334. The third kappa shape index (κ3) is 2.93. The van der Waals surface area contributed by atoms with Gasteiger partial charge in [-0.1, -0.05) is 36.0 Å². The Kier molecular flexibility index (Phi) is 4.54. The van der Waals surface area contributed by atoms with Crippen molar-refractivity contribution in [1.82, 2.24) is 4.90 Å². The van der Waals surface area contributed by atoms with Gasteiger partial charge in [0.05, 0.1) is 16.4 Å². The highest BCUT2D eigenvalue weighted by molar-refractivity contribution is 8.19. The van der Waals surface area contributed by atoms with E-state index in [-0.39, 0.29) is 5.91 Å². The Hall–Kier alpha value is -2.18. The van der Waals surface area contributed by atoms with Crippen molar-refractivity contribution in [2.45, 2.75) is 18.7 Å². The number of rotatable bonds is 2. The van der Waals surface area contributed by atoms with Crippen LogP contribution in [-0.4, -0.2) is 29.6 Å². The fourth-order valence-corrected chi connectivity index (χ4v) is 5.48. The second-order valence-electron chi connectivity index (χ2n) is 6.15. The average Bonchev–Trinajstić information content (AvgIpc) is 3.12. The summed E-state index contributed by atoms with van der Waals surface area (Å²) in [5.41, 5.74) is 3.23. The highest BCUT2D eigenvalue weighted by Crippen LogP contribution is 2.50. The number of aryl methyl sites for hydroxylation is 1. The van der Waals surface area contributed by atoms with E-state index in [1.54, 1.807) is 16.7 Å². The quantitative estimate of drug-likeness (QED) is 0.687. The van der Waals surface area contributed by atoms with Gasteiger partial charge >= 0.3 is 0 Å². The minimum atomic E-state index is 0.0334. The minimum Gasteiger partial charge on any atom is -0.337 e. The summed E-state index contributed by atoms with van der Waals surface area (Å²) in [4.78, 5) is 23.5. The first kappa shape index (κ1) is 17.2. The highest BCUT2D eigenvalue weighted by atomic mass is 32.2. The monoisotopic (exact) mass is 381 g/mol. The van der Waals surface area contributed by atoms with Crippen molar-refractivity contribution in [3.63, 3.8) is 0 Å². The molecule has 0 spiro atoms. The zero-order valence-corrected chi connectivity index (χ0v) is 16.5. The number of likely N-dealkylation sites (N-methyl/N-ethyl adjacent to an activating group) is 1. The summed E-state index contributed by atoms with van der Waals surface area (Å²) in [6.07, 6.45) is 0. The Morgan fingerprint density at radius 2 is 1.85 bits per heavy atom. The largest absolute Gasteiger partial charge is 0.337 e. The Morgan fingerprint density at radius 3 is 2.58 bits per heavy atom. The number of fused-ring (bicyclic) bond motifs is 1. The molecular weight excluding hydrogens is 362 g/mol. The molecule has 1 saturated heterocycles. The van der Waals surface area contributed by atoms with Gasteiger partial charge in [0, 0.05) is 18.5 Å². The van der Waals surface area contributed by atoms with Gasteiger partial charge in [0.2, 0.25) is 0 Å². The van der Waals surface area contributed by atoms with E-state index >= 15 is 0 Å². The van der Waals surface area contributed by atoms with Gasteiger partial charge < -0.3 is 4.90 Å². The number of aliphatic imine (C=N–C) groups is 1. The van der Waals surface area contributed by atoms with Gasteiger partial charge in [-0.25, -0.2) is 4.99 Å². The molecule has 132 valence electrons. The van der Waals surface area contributed by atoms with Gasteiger partial charge in [-0.05, 0) is 55.4 Å². The summed E-state index contributed by atoms with van der Waals surface area (Å²) < 4.78 is 0. The number of amides is 1. The second-order valence-corrected chi connectivity index (χ2v) is 8.16. The van der Waals surface area contributed by atoms with Crippen LogP contribution in [0, 0.1) is 6.92 Å². The summed E-state index contributed by atoms with van der Waals surface area (Å²) in [5.74, 6) is 0.0334. The number of thioether (sulfide) groups is 2. The summed E-state index contributed by atoms with van der Waals surface area (Å²) in [5, 5.41) is 1.73. The SMILES string of the molecule is CCN1C(=O)/C(=C2\Sc3cc(C)ccc3N2C)SC1=Nc1ccccc1. The topological polar surface area (TPSA) is 35.9 Å². The van der Waals surface area contributed by atoms with Crippen molar-refractivity contribution >= 4 is 46.0 Å². The number of nitrogens with zero attached hydrogens (tertiary/aromatic N) is 3. The van der Waals surface area contributed by atoms with E-state index in [2.05, 4.69) is 30.0 Å². The molecule has 0 saturated carbocycles. The third-order valence-electron chi connectivity index (χ3n) is 4.34. The van der Waals surface area contributed by atoms with E-state index in [0.717, 1.165) is 26.5 Å². The van der Waals surface area contributed by atoms with Gasteiger partial charge in [-0.3, -0.25) is 9.69 Å². The number of carbonyl (C=O) groups is 1. The van der Waals surface area contributed by atoms with Crippen molar-refractivity contribution in [2.24, 2.45) is 4.99 Å². The molecule has 2 heterocycles. The van der Waals surface area contributed by atoms with Crippen LogP contribution >= 0.6 is 23.5 Å². The molecule has 2 aromatic carbocycles. The Morgan fingerprint density at radius 1 is 1.08 bits per heavy atom. The lowest BCUT2D eigenvalue weighted by Gasteiger charge is -2.15. The molecule has 6 heteroatoms. The van der Waals surface area contributed by atoms with Crippen molar-refractivity contribution in [2.75, 3.05) is 18.5 Å². The molecule has 0 aromatic heterocycles. The van der Waals surface area contributed by atoms with Crippen LogP contribution in [0.4, 0.5) is 11.4 Å². The van der Waals surface area contributed by atoms with Crippen molar-refractivity contribution in [1.29, 1.82) is 0 Å². The first-order valence-electron chi connectivity index (χ1n) is 8.48. The lowest BCUT2D eigenvalue weighted by Crippen LogP contribution is -2.29. The average molecular weight is 382 g/mol. The van der Waals surface area contributed by atoms with Crippen LogP contribution in [0.5, 0.6) is 0 Å². The smallest absolute Gasteiger partial charge is 0.269 e. The van der Waals surface area contributed by atoms with Crippen LogP contribution in [0.25, 0.3) is 0 Å². The van der Waals surface area contributed by atoms with Gasteiger partial charge in [-0.15, -0.1) is 0 Å². The lowest BCUT2D eigenvalue weighted by molar-refractivity contribution is -0.122. The molecular formula is C20H19N3OS2. The van der Waals surface area contributed by atoms with Gasteiger partial charge in [-0.2, -0.15) is 0 Å². The first-order chi connectivity index (χ1) is 12.6. The Labute approximate surface area is 162 Å². The standard InChI is InChI=1S/C20H19N3OS2/c1-4-23-18(24)17(26-20(23)21-14-8-6-5-7-9-14)19-22(3)15-11-10-13(2)12-16(15)25-19/h5-12H,4H2,1-3H3/b19-17+,21-20?. The predicted molar refractivity (Wildman–Crippen MR) is 111 cm³/mol. The number of benzene rings is 2. The normalized spacial score (nSPS) is 21.0. The Bertz CT molecular complexity index is 937. The molecule has 0 bridgehead atoms. The molecule has 2 aliphatic heterocycles. The summed E-state index contributed by atoms with van der Waals surface area (Å²) >= 11 is 3.13. The van der Waals surface area contributed by atoms with Crippen LogP contribution in [0.3, 0.4) is 0 Å². The maximum Gasteiger partial charge on any atom is 0.269 e. The summed E-state index contributed by atoms with van der Waals surface area (Å²) in [6, 6.07) is 16.2. The molecule has 1 amide bonds.